The molecule has 0 spiro atoms. The van der Waals surface area contributed by atoms with Gasteiger partial charge in [0.05, 0.1) is 19.3 Å². The molecule has 1 aliphatic heterocycles. The fourth-order valence-corrected chi connectivity index (χ4v) is 3.99. The summed E-state index contributed by atoms with van der Waals surface area (Å²) in [6.45, 7) is 13.5. The number of aromatic nitrogens is 1. The molecule has 0 aliphatic carbocycles. The molecule has 0 amide bonds. The third-order valence-corrected chi connectivity index (χ3v) is 9.57. The minimum absolute atomic E-state index is 0.108. The Morgan fingerprint density at radius 2 is 2.17 bits per heavy atom. The summed E-state index contributed by atoms with van der Waals surface area (Å²) in [6.07, 6.45) is 3.70. The van der Waals surface area contributed by atoms with Crippen LogP contribution in [0.1, 0.15) is 39.7 Å². The minimum atomic E-state index is -1.93. The van der Waals surface area contributed by atoms with Gasteiger partial charge >= 0.3 is 5.97 Å². The lowest BCUT2D eigenvalue weighted by Crippen LogP contribution is -2.44. The first-order valence-electron chi connectivity index (χ1n) is 8.52. The number of hydrogen-bond donors (Lipinski definition) is 0. The molecular formula is C18H29NO4Si. The quantitative estimate of drug-likeness (QED) is 0.599. The molecule has 0 aromatic carbocycles. The fraction of sp³-hybridized carbons (Fsp3) is 0.667. The van der Waals surface area contributed by atoms with Crippen molar-refractivity contribution in [2.24, 2.45) is 0 Å². The van der Waals surface area contributed by atoms with Crippen molar-refractivity contribution < 1.29 is 18.7 Å². The first kappa shape index (κ1) is 19.1. The fourth-order valence-electron chi connectivity index (χ4n) is 2.65. The van der Waals surface area contributed by atoms with Gasteiger partial charge in [0, 0.05) is 24.4 Å². The standard InChI is InChI=1S/C18H29NO4Si/c1-7-21-16(20)18(14-9-8-10-19-12-14)11-15(13-22-18)23-24(5,6)17(2,3)4/h8-10,12,15H,7,11,13H2,1-6H3. The van der Waals surface area contributed by atoms with Gasteiger partial charge in [0.1, 0.15) is 0 Å². The predicted molar refractivity (Wildman–Crippen MR) is 95.2 cm³/mol. The van der Waals surface area contributed by atoms with Gasteiger partial charge in [0.15, 0.2) is 13.9 Å². The highest BCUT2D eigenvalue weighted by Gasteiger charge is 2.52. The molecule has 2 unspecified atom stereocenters. The van der Waals surface area contributed by atoms with Crippen LogP contribution in [-0.4, -0.2) is 38.6 Å². The van der Waals surface area contributed by atoms with E-state index >= 15 is 0 Å². The lowest BCUT2D eigenvalue weighted by molar-refractivity contribution is -0.168. The molecule has 0 radical (unpaired) electrons. The largest absolute Gasteiger partial charge is 0.464 e. The Hall–Kier alpha value is -1.24. The number of carbonyl (C=O) groups is 1. The summed E-state index contributed by atoms with van der Waals surface area (Å²) in [5.41, 5.74) is -0.387. The van der Waals surface area contributed by atoms with Gasteiger partial charge in [0.25, 0.3) is 0 Å². The Labute approximate surface area is 145 Å². The van der Waals surface area contributed by atoms with Crippen molar-refractivity contribution in [1.82, 2.24) is 4.98 Å². The van der Waals surface area contributed by atoms with Crippen LogP contribution in [0.15, 0.2) is 24.5 Å². The van der Waals surface area contributed by atoms with Crippen LogP contribution in [0, 0.1) is 0 Å². The first-order valence-corrected chi connectivity index (χ1v) is 11.4. The Kier molecular flexibility index (Phi) is 5.52. The average Bonchev–Trinajstić information content (AvgIpc) is 2.92. The Balaban J connectivity index is 2.25. The van der Waals surface area contributed by atoms with E-state index in [2.05, 4.69) is 38.8 Å². The van der Waals surface area contributed by atoms with Gasteiger partial charge in [-0.25, -0.2) is 4.79 Å². The highest BCUT2D eigenvalue weighted by atomic mass is 28.4. The maximum Gasteiger partial charge on any atom is 0.343 e. The van der Waals surface area contributed by atoms with Crippen LogP contribution in [0.4, 0.5) is 0 Å². The van der Waals surface area contributed by atoms with Crippen LogP contribution in [0.3, 0.4) is 0 Å². The number of carbonyl (C=O) groups excluding carboxylic acids is 1. The Morgan fingerprint density at radius 1 is 1.46 bits per heavy atom. The summed E-state index contributed by atoms with van der Waals surface area (Å²) in [5, 5.41) is 0.108. The number of hydrogen-bond acceptors (Lipinski definition) is 5. The topological polar surface area (TPSA) is 57.7 Å². The van der Waals surface area contributed by atoms with E-state index in [1.807, 2.05) is 12.1 Å². The van der Waals surface area contributed by atoms with E-state index in [1.54, 1.807) is 19.3 Å². The molecule has 24 heavy (non-hydrogen) atoms. The number of esters is 1. The van der Waals surface area contributed by atoms with Gasteiger partial charge in [-0.05, 0) is 31.1 Å². The summed E-state index contributed by atoms with van der Waals surface area (Å²) in [6, 6.07) is 3.67. The molecule has 1 aliphatic rings. The molecule has 0 saturated carbocycles. The number of ether oxygens (including phenoxy) is 2. The van der Waals surface area contributed by atoms with Gasteiger partial charge in [-0.15, -0.1) is 0 Å². The SMILES string of the molecule is CCOC(=O)C1(c2cccnc2)CC(O[Si](C)(C)C(C)(C)C)CO1. The van der Waals surface area contributed by atoms with Crippen molar-refractivity contribution in [3.05, 3.63) is 30.1 Å². The molecule has 2 heterocycles. The van der Waals surface area contributed by atoms with Crippen LogP contribution < -0.4 is 0 Å². The second-order valence-corrected chi connectivity index (χ2v) is 12.6. The van der Waals surface area contributed by atoms with E-state index < -0.39 is 13.9 Å². The zero-order valence-corrected chi connectivity index (χ0v) is 16.6. The van der Waals surface area contributed by atoms with Gasteiger partial charge < -0.3 is 13.9 Å². The van der Waals surface area contributed by atoms with Gasteiger partial charge in [0.2, 0.25) is 0 Å². The van der Waals surface area contributed by atoms with Crippen LogP contribution in [0.2, 0.25) is 18.1 Å². The van der Waals surface area contributed by atoms with Gasteiger partial charge in [-0.1, -0.05) is 26.8 Å². The number of nitrogens with zero attached hydrogens (tertiary/aromatic N) is 1. The Morgan fingerprint density at radius 3 is 2.71 bits per heavy atom. The van der Waals surface area contributed by atoms with E-state index in [0.29, 0.717) is 19.6 Å². The second-order valence-electron chi connectivity index (χ2n) is 7.80. The van der Waals surface area contributed by atoms with Crippen LogP contribution in [0.5, 0.6) is 0 Å². The summed E-state index contributed by atoms with van der Waals surface area (Å²) >= 11 is 0. The van der Waals surface area contributed by atoms with Gasteiger partial charge in [-0.3, -0.25) is 4.98 Å². The van der Waals surface area contributed by atoms with Crippen molar-refractivity contribution in [2.75, 3.05) is 13.2 Å². The van der Waals surface area contributed by atoms with Gasteiger partial charge in [-0.2, -0.15) is 0 Å². The second kappa shape index (κ2) is 6.94. The summed E-state index contributed by atoms with van der Waals surface area (Å²) < 4.78 is 17.7. The number of pyridine rings is 1. The molecule has 0 bridgehead atoms. The maximum atomic E-state index is 12.7. The molecule has 6 heteroatoms. The normalized spacial score (nSPS) is 24.8. The lowest BCUT2D eigenvalue weighted by Gasteiger charge is -2.38. The molecule has 2 atom stereocenters. The summed E-state index contributed by atoms with van der Waals surface area (Å²) in [4.78, 5) is 16.8. The zero-order chi connectivity index (χ0) is 18.0. The van der Waals surface area contributed by atoms with Crippen LogP contribution in [0.25, 0.3) is 0 Å². The van der Waals surface area contributed by atoms with E-state index in [-0.39, 0.29) is 17.1 Å². The van der Waals surface area contributed by atoms with E-state index in [4.69, 9.17) is 13.9 Å². The Bertz CT molecular complexity index is 570. The van der Waals surface area contributed by atoms with E-state index in [0.717, 1.165) is 5.56 Å². The van der Waals surface area contributed by atoms with Crippen molar-refractivity contribution in [1.29, 1.82) is 0 Å². The van der Waals surface area contributed by atoms with Crippen LogP contribution in [-0.2, 0) is 24.3 Å². The molecule has 1 saturated heterocycles. The molecule has 134 valence electrons. The molecule has 1 aromatic rings. The maximum absolute atomic E-state index is 12.7. The summed E-state index contributed by atoms with van der Waals surface area (Å²) in [7, 11) is -1.93. The number of rotatable bonds is 5. The molecule has 5 nitrogen and oxygen atoms in total. The lowest BCUT2D eigenvalue weighted by atomic mass is 9.91. The molecule has 1 aromatic heterocycles. The molecular weight excluding hydrogens is 322 g/mol. The average molecular weight is 352 g/mol. The first-order chi connectivity index (χ1) is 11.1. The van der Waals surface area contributed by atoms with E-state index in [9.17, 15) is 4.79 Å². The smallest absolute Gasteiger partial charge is 0.343 e. The highest BCUT2D eigenvalue weighted by molar-refractivity contribution is 6.74. The monoisotopic (exact) mass is 351 g/mol. The van der Waals surface area contributed by atoms with Crippen molar-refractivity contribution >= 4 is 14.3 Å². The van der Waals surface area contributed by atoms with Crippen molar-refractivity contribution in [3.8, 4) is 0 Å². The minimum Gasteiger partial charge on any atom is -0.464 e. The van der Waals surface area contributed by atoms with Crippen molar-refractivity contribution in [2.45, 2.75) is 64.0 Å². The third kappa shape index (κ3) is 3.71. The molecule has 0 N–H and O–H groups in total. The van der Waals surface area contributed by atoms with Crippen LogP contribution >= 0.6 is 0 Å². The van der Waals surface area contributed by atoms with E-state index in [1.165, 1.54) is 0 Å². The highest BCUT2D eigenvalue weighted by Crippen LogP contribution is 2.43. The third-order valence-electron chi connectivity index (χ3n) is 5.03. The predicted octanol–water partition coefficient (Wildman–Crippen LogP) is 3.65. The van der Waals surface area contributed by atoms with Crippen molar-refractivity contribution in [3.63, 3.8) is 0 Å². The summed E-state index contributed by atoms with van der Waals surface area (Å²) in [5.74, 6) is -0.362. The molecule has 2 rings (SSSR count). The molecule has 1 fully saturated rings. The zero-order valence-electron chi connectivity index (χ0n) is 15.6.